The molecule has 6 nitrogen and oxygen atoms in total. The first-order valence-electron chi connectivity index (χ1n) is 6.59. The zero-order chi connectivity index (χ0) is 14.0. The van der Waals surface area contributed by atoms with Crippen molar-refractivity contribution in [3.05, 3.63) is 29.6 Å². The molecule has 104 valence electrons. The predicted octanol–water partition coefficient (Wildman–Crippen LogP) is 1.22. The SMILES string of the molecule is Cc1nn(C)cc1C(N)Cc1ncnn1CC(C)C. The predicted molar refractivity (Wildman–Crippen MR) is 73.4 cm³/mol. The van der Waals surface area contributed by atoms with Gasteiger partial charge >= 0.3 is 0 Å². The van der Waals surface area contributed by atoms with Crippen molar-refractivity contribution in [3.63, 3.8) is 0 Å². The Balaban J connectivity index is 2.13. The van der Waals surface area contributed by atoms with Crippen molar-refractivity contribution in [2.75, 3.05) is 0 Å². The standard InChI is InChI=1S/C13H22N6/c1-9(2)6-19-13(15-8-16-19)5-12(14)11-7-18(4)17-10(11)3/h7-9,12H,5-6,14H2,1-4H3. The van der Waals surface area contributed by atoms with Crippen LogP contribution in [-0.4, -0.2) is 24.5 Å². The fraction of sp³-hybridized carbons (Fsp3) is 0.615. The van der Waals surface area contributed by atoms with Gasteiger partial charge in [0, 0.05) is 37.8 Å². The molecule has 2 heterocycles. The third-order valence-electron chi connectivity index (χ3n) is 3.09. The lowest BCUT2D eigenvalue weighted by molar-refractivity contribution is 0.459. The van der Waals surface area contributed by atoms with Crippen molar-refractivity contribution >= 4 is 0 Å². The van der Waals surface area contributed by atoms with Crippen molar-refractivity contribution in [2.45, 2.75) is 39.8 Å². The second-order valence-electron chi connectivity index (χ2n) is 5.41. The highest BCUT2D eigenvalue weighted by atomic mass is 15.3. The molecule has 2 N–H and O–H groups in total. The van der Waals surface area contributed by atoms with Crippen LogP contribution in [0.5, 0.6) is 0 Å². The summed E-state index contributed by atoms with van der Waals surface area (Å²) in [5.41, 5.74) is 8.31. The Kier molecular flexibility index (Phi) is 3.99. The van der Waals surface area contributed by atoms with Crippen LogP contribution in [0, 0.1) is 12.8 Å². The molecule has 0 aliphatic heterocycles. The van der Waals surface area contributed by atoms with E-state index in [-0.39, 0.29) is 6.04 Å². The van der Waals surface area contributed by atoms with E-state index in [0.717, 1.165) is 23.6 Å². The van der Waals surface area contributed by atoms with E-state index in [4.69, 9.17) is 5.73 Å². The van der Waals surface area contributed by atoms with Crippen molar-refractivity contribution in [1.82, 2.24) is 24.5 Å². The number of aryl methyl sites for hydroxylation is 2. The first-order valence-corrected chi connectivity index (χ1v) is 6.59. The normalized spacial score (nSPS) is 13.2. The molecule has 0 amide bonds. The third kappa shape index (κ3) is 3.20. The summed E-state index contributed by atoms with van der Waals surface area (Å²) in [6, 6.07) is -0.0937. The van der Waals surface area contributed by atoms with Gasteiger partial charge in [-0.15, -0.1) is 0 Å². The van der Waals surface area contributed by atoms with Crippen LogP contribution < -0.4 is 5.73 Å². The first kappa shape index (κ1) is 13.7. The minimum Gasteiger partial charge on any atom is -0.323 e. The van der Waals surface area contributed by atoms with Gasteiger partial charge in [-0.25, -0.2) is 9.67 Å². The van der Waals surface area contributed by atoms with Gasteiger partial charge in [0.25, 0.3) is 0 Å². The van der Waals surface area contributed by atoms with E-state index >= 15 is 0 Å². The second-order valence-corrected chi connectivity index (χ2v) is 5.41. The maximum Gasteiger partial charge on any atom is 0.138 e. The van der Waals surface area contributed by atoms with E-state index in [1.54, 1.807) is 11.0 Å². The lowest BCUT2D eigenvalue weighted by Crippen LogP contribution is -2.18. The summed E-state index contributed by atoms with van der Waals surface area (Å²) in [7, 11) is 1.91. The molecular weight excluding hydrogens is 240 g/mol. The summed E-state index contributed by atoms with van der Waals surface area (Å²) >= 11 is 0. The molecule has 0 bridgehead atoms. The van der Waals surface area contributed by atoms with Crippen molar-refractivity contribution in [1.29, 1.82) is 0 Å². The largest absolute Gasteiger partial charge is 0.323 e. The van der Waals surface area contributed by atoms with Crippen LogP contribution in [0.1, 0.15) is 37.0 Å². The summed E-state index contributed by atoms with van der Waals surface area (Å²) in [5, 5.41) is 8.59. The molecule has 19 heavy (non-hydrogen) atoms. The van der Waals surface area contributed by atoms with E-state index in [2.05, 4.69) is 29.0 Å². The fourth-order valence-electron chi connectivity index (χ4n) is 2.23. The van der Waals surface area contributed by atoms with Crippen LogP contribution >= 0.6 is 0 Å². The molecule has 0 aliphatic carbocycles. The highest BCUT2D eigenvalue weighted by Crippen LogP contribution is 2.17. The number of rotatable bonds is 5. The smallest absolute Gasteiger partial charge is 0.138 e. The monoisotopic (exact) mass is 262 g/mol. The highest BCUT2D eigenvalue weighted by molar-refractivity contribution is 5.20. The lowest BCUT2D eigenvalue weighted by Gasteiger charge is -2.12. The number of hydrogen-bond donors (Lipinski definition) is 1. The maximum absolute atomic E-state index is 6.27. The molecule has 6 heteroatoms. The summed E-state index contributed by atoms with van der Waals surface area (Å²) in [6.07, 6.45) is 4.25. The average Bonchev–Trinajstić information content (AvgIpc) is 2.85. The van der Waals surface area contributed by atoms with E-state index < -0.39 is 0 Å². The Bertz CT molecular complexity index is 539. The van der Waals surface area contributed by atoms with Gasteiger partial charge in [0.05, 0.1) is 5.69 Å². The molecule has 2 rings (SSSR count). The van der Waals surface area contributed by atoms with Crippen molar-refractivity contribution < 1.29 is 0 Å². The molecule has 2 aromatic heterocycles. The van der Waals surface area contributed by atoms with Crippen LogP contribution in [0.15, 0.2) is 12.5 Å². The molecule has 0 aromatic carbocycles. The van der Waals surface area contributed by atoms with Gasteiger partial charge in [-0.1, -0.05) is 13.8 Å². The van der Waals surface area contributed by atoms with Crippen molar-refractivity contribution in [3.8, 4) is 0 Å². The topological polar surface area (TPSA) is 74.6 Å². The minimum absolute atomic E-state index is 0.0937. The molecule has 0 spiro atoms. The van der Waals surface area contributed by atoms with Gasteiger partial charge in [-0.2, -0.15) is 10.2 Å². The second kappa shape index (κ2) is 5.52. The van der Waals surface area contributed by atoms with Crippen LogP contribution in [0.4, 0.5) is 0 Å². The number of hydrogen-bond acceptors (Lipinski definition) is 4. The number of nitrogens with two attached hydrogens (primary N) is 1. The van der Waals surface area contributed by atoms with Crippen LogP contribution in [0.3, 0.4) is 0 Å². The third-order valence-corrected chi connectivity index (χ3v) is 3.09. The van der Waals surface area contributed by atoms with Crippen LogP contribution in [-0.2, 0) is 20.0 Å². The number of aromatic nitrogens is 5. The van der Waals surface area contributed by atoms with Gasteiger partial charge in [0.2, 0.25) is 0 Å². The molecule has 1 atom stereocenters. The lowest BCUT2D eigenvalue weighted by atomic mass is 10.1. The van der Waals surface area contributed by atoms with Gasteiger partial charge in [-0.3, -0.25) is 4.68 Å². The van der Waals surface area contributed by atoms with Crippen LogP contribution in [0.25, 0.3) is 0 Å². The molecule has 0 aliphatic rings. The molecule has 1 unspecified atom stereocenters. The average molecular weight is 262 g/mol. The zero-order valence-electron chi connectivity index (χ0n) is 12.0. The Hall–Kier alpha value is -1.69. The highest BCUT2D eigenvalue weighted by Gasteiger charge is 2.16. The molecule has 0 saturated heterocycles. The Morgan fingerprint density at radius 1 is 1.37 bits per heavy atom. The van der Waals surface area contributed by atoms with Gasteiger partial charge in [0.15, 0.2) is 0 Å². The Labute approximate surface area is 113 Å². The minimum atomic E-state index is -0.0937. The molecular formula is C13H22N6. The quantitative estimate of drug-likeness (QED) is 0.879. The summed E-state index contributed by atoms with van der Waals surface area (Å²) in [4.78, 5) is 4.32. The van der Waals surface area contributed by atoms with Gasteiger partial charge in [0.1, 0.15) is 12.2 Å². The van der Waals surface area contributed by atoms with Crippen molar-refractivity contribution in [2.24, 2.45) is 18.7 Å². The first-order chi connectivity index (χ1) is 8.97. The van der Waals surface area contributed by atoms with Crippen LogP contribution in [0.2, 0.25) is 0 Å². The number of nitrogens with zero attached hydrogens (tertiary/aromatic N) is 5. The Morgan fingerprint density at radius 3 is 2.68 bits per heavy atom. The maximum atomic E-state index is 6.27. The molecule has 0 fully saturated rings. The van der Waals surface area contributed by atoms with E-state index in [0.29, 0.717) is 12.3 Å². The van der Waals surface area contributed by atoms with Gasteiger partial charge < -0.3 is 5.73 Å². The van der Waals surface area contributed by atoms with Gasteiger partial charge in [-0.05, 0) is 12.8 Å². The molecule has 0 saturated carbocycles. The summed E-state index contributed by atoms with van der Waals surface area (Å²) in [5.74, 6) is 1.47. The fourth-order valence-corrected chi connectivity index (χ4v) is 2.23. The van der Waals surface area contributed by atoms with E-state index in [9.17, 15) is 0 Å². The molecule has 0 radical (unpaired) electrons. The van der Waals surface area contributed by atoms with E-state index in [1.807, 2.05) is 24.9 Å². The molecule has 2 aromatic rings. The summed E-state index contributed by atoms with van der Waals surface area (Å²) in [6.45, 7) is 7.18. The zero-order valence-corrected chi connectivity index (χ0v) is 12.0. The Morgan fingerprint density at radius 2 is 2.11 bits per heavy atom. The summed E-state index contributed by atoms with van der Waals surface area (Å²) < 4.78 is 3.74. The van der Waals surface area contributed by atoms with E-state index in [1.165, 1.54) is 0 Å².